The molecule has 0 bridgehead atoms. The van der Waals surface area contributed by atoms with E-state index in [0.717, 1.165) is 24.3 Å². The summed E-state index contributed by atoms with van der Waals surface area (Å²) in [5.74, 6) is 1.17. The van der Waals surface area contributed by atoms with Crippen LogP contribution >= 0.6 is 11.8 Å². The van der Waals surface area contributed by atoms with Gasteiger partial charge in [-0.25, -0.2) is 0 Å². The van der Waals surface area contributed by atoms with Crippen molar-refractivity contribution >= 4 is 29.0 Å². The number of thioether (sulfide) groups is 1. The van der Waals surface area contributed by atoms with Crippen LogP contribution in [0.25, 0.3) is 11.5 Å². The van der Waals surface area contributed by atoms with Crippen LogP contribution in [0.5, 0.6) is 5.75 Å². The van der Waals surface area contributed by atoms with Crippen LogP contribution in [-0.2, 0) is 4.79 Å². The highest BCUT2D eigenvalue weighted by atomic mass is 32.2. The first-order chi connectivity index (χ1) is 14.2. The standard InChI is InChI=1S/C21H22N4O3S/c1-27-18-6-4-5-15(13-18)20-23-24-21(28-20)29-14-19(26)22-16-7-9-17(10-8-16)25-11-2-3-12-25/h4-10,13H,2-3,11-12,14H2,1H3,(H,22,26). The van der Waals surface area contributed by atoms with Crippen molar-refractivity contribution in [2.24, 2.45) is 0 Å². The van der Waals surface area contributed by atoms with E-state index in [1.165, 1.54) is 30.3 Å². The smallest absolute Gasteiger partial charge is 0.277 e. The Bertz CT molecular complexity index is 968. The maximum Gasteiger partial charge on any atom is 0.277 e. The van der Waals surface area contributed by atoms with E-state index in [1.807, 2.05) is 48.5 Å². The Labute approximate surface area is 173 Å². The molecule has 1 aliphatic heterocycles. The highest BCUT2D eigenvalue weighted by Gasteiger charge is 2.14. The van der Waals surface area contributed by atoms with E-state index in [-0.39, 0.29) is 11.7 Å². The molecule has 2 heterocycles. The highest BCUT2D eigenvalue weighted by molar-refractivity contribution is 7.99. The van der Waals surface area contributed by atoms with Crippen LogP contribution in [0.2, 0.25) is 0 Å². The predicted molar refractivity (Wildman–Crippen MR) is 114 cm³/mol. The maximum atomic E-state index is 12.2. The average molecular weight is 410 g/mol. The van der Waals surface area contributed by atoms with Crippen LogP contribution in [0.3, 0.4) is 0 Å². The summed E-state index contributed by atoms with van der Waals surface area (Å²) in [6.07, 6.45) is 2.48. The molecule has 1 amide bonds. The molecule has 1 aliphatic rings. The van der Waals surface area contributed by atoms with Gasteiger partial charge in [0, 0.05) is 30.0 Å². The second kappa shape index (κ2) is 9.00. The summed E-state index contributed by atoms with van der Waals surface area (Å²) < 4.78 is 10.8. The largest absolute Gasteiger partial charge is 0.497 e. The van der Waals surface area contributed by atoms with Crippen molar-refractivity contribution in [3.63, 3.8) is 0 Å². The molecule has 1 fully saturated rings. The second-order valence-corrected chi connectivity index (χ2v) is 7.61. The lowest BCUT2D eigenvalue weighted by molar-refractivity contribution is -0.113. The van der Waals surface area contributed by atoms with Gasteiger partial charge >= 0.3 is 0 Å². The molecule has 150 valence electrons. The Hall–Kier alpha value is -3.00. The third kappa shape index (κ3) is 4.89. The van der Waals surface area contributed by atoms with Gasteiger partial charge in [-0.3, -0.25) is 4.79 Å². The topological polar surface area (TPSA) is 80.5 Å². The van der Waals surface area contributed by atoms with Crippen LogP contribution in [0.1, 0.15) is 12.8 Å². The zero-order chi connectivity index (χ0) is 20.1. The number of amides is 1. The molecule has 0 aliphatic carbocycles. The normalized spacial score (nSPS) is 13.5. The molecule has 0 unspecified atom stereocenters. The van der Waals surface area contributed by atoms with Crippen LogP contribution in [0.15, 0.2) is 58.2 Å². The maximum absolute atomic E-state index is 12.2. The minimum absolute atomic E-state index is 0.120. The van der Waals surface area contributed by atoms with Gasteiger partial charge in [0.15, 0.2) is 0 Å². The van der Waals surface area contributed by atoms with Gasteiger partial charge in [0.2, 0.25) is 11.8 Å². The monoisotopic (exact) mass is 410 g/mol. The van der Waals surface area contributed by atoms with Crippen molar-refractivity contribution in [2.75, 3.05) is 36.2 Å². The van der Waals surface area contributed by atoms with Crippen LogP contribution in [-0.4, -0.2) is 42.1 Å². The zero-order valence-electron chi connectivity index (χ0n) is 16.1. The summed E-state index contributed by atoms with van der Waals surface area (Å²) in [5.41, 5.74) is 2.75. The number of benzene rings is 2. The lowest BCUT2D eigenvalue weighted by Crippen LogP contribution is -2.18. The number of hydrogen-bond acceptors (Lipinski definition) is 7. The molecule has 0 atom stereocenters. The SMILES string of the molecule is COc1cccc(-c2nnc(SCC(=O)Nc3ccc(N4CCCC4)cc3)o2)c1. The fourth-order valence-electron chi connectivity index (χ4n) is 3.20. The first-order valence-electron chi connectivity index (χ1n) is 9.47. The number of aromatic nitrogens is 2. The minimum atomic E-state index is -0.120. The van der Waals surface area contributed by atoms with Crippen molar-refractivity contribution in [3.05, 3.63) is 48.5 Å². The van der Waals surface area contributed by atoms with Gasteiger partial charge in [0.05, 0.1) is 12.9 Å². The number of nitrogens with one attached hydrogen (secondary N) is 1. The fourth-order valence-corrected chi connectivity index (χ4v) is 3.76. The molecular weight excluding hydrogens is 388 g/mol. The fraction of sp³-hybridized carbons (Fsp3) is 0.286. The second-order valence-electron chi connectivity index (χ2n) is 6.68. The lowest BCUT2D eigenvalue weighted by atomic mass is 10.2. The Kier molecular flexibility index (Phi) is 6.00. The lowest BCUT2D eigenvalue weighted by Gasteiger charge is -2.17. The van der Waals surface area contributed by atoms with Gasteiger partial charge in [0.25, 0.3) is 5.22 Å². The van der Waals surface area contributed by atoms with Gasteiger partial charge in [-0.15, -0.1) is 10.2 Å². The summed E-state index contributed by atoms with van der Waals surface area (Å²) in [6.45, 7) is 2.20. The van der Waals surface area contributed by atoms with Gasteiger partial charge < -0.3 is 19.4 Å². The number of hydrogen-bond donors (Lipinski definition) is 1. The van der Waals surface area contributed by atoms with Crippen molar-refractivity contribution in [3.8, 4) is 17.2 Å². The highest BCUT2D eigenvalue weighted by Crippen LogP contribution is 2.26. The van der Waals surface area contributed by atoms with Crippen LogP contribution in [0, 0.1) is 0 Å². The molecule has 4 rings (SSSR count). The molecule has 8 heteroatoms. The van der Waals surface area contributed by atoms with Gasteiger partial charge in [-0.05, 0) is 55.3 Å². The van der Waals surface area contributed by atoms with Crippen molar-refractivity contribution in [1.29, 1.82) is 0 Å². The van der Waals surface area contributed by atoms with Crippen molar-refractivity contribution in [1.82, 2.24) is 10.2 Å². The number of carbonyl (C=O) groups is 1. The quantitative estimate of drug-likeness (QED) is 0.588. The first kappa shape index (κ1) is 19.3. The molecule has 2 aromatic carbocycles. The van der Waals surface area contributed by atoms with Crippen molar-refractivity contribution < 1.29 is 13.9 Å². The molecule has 1 aromatic heterocycles. The summed E-state index contributed by atoms with van der Waals surface area (Å²) in [4.78, 5) is 14.6. The number of ether oxygens (including phenoxy) is 1. The number of carbonyl (C=O) groups excluding carboxylic acids is 1. The van der Waals surface area contributed by atoms with E-state index in [4.69, 9.17) is 9.15 Å². The summed E-state index contributed by atoms with van der Waals surface area (Å²) in [6, 6.07) is 15.3. The molecule has 7 nitrogen and oxygen atoms in total. The summed E-state index contributed by atoms with van der Waals surface area (Å²) >= 11 is 1.20. The third-order valence-electron chi connectivity index (χ3n) is 4.67. The van der Waals surface area contributed by atoms with Crippen molar-refractivity contribution in [2.45, 2.75) is 18.1 Å². The Balaban J connectivity index is 1.30. The molecule has 0 spiro atoms. The van der Waals surface area contributed by atoms with E-state index in [2.05, 4.69) is 20.4 Å². The van der Waals surface area contributed by atoms with E-state index in [0.29, 0.717) is 16.9 Å². The molecule has 0 radical (unpaired) electrons. The summed E-state index contributed by atoms with van der Waals surface area (Å²) in [7, 11) is 1.60. The molecule has 1 saturated heterocycles. The van der Waals surface area contributed by atoms with Gasteiger partial charge in [-0.2, -0.15) is 0 Å². The molecule has 29 heavy (non-hydrogen) atoms. The van der Waals surface area contributed by atoms with E-state index >= 15 is 0 Å². The van der Waals surface area contributed by atoms with Gasteiger partial charge in [0.1, 0.15) is 5.75 Å². The number of methoxy groups -OCH3 is 1. The summed E-state index contributed by atoms with van der Waals surface area (Å²) in [5, 5.41) is 11.3. The first-order valence-corrected chi connectivity index (χ1v) is 10.5. The third-order valence-corrected chi connectivity index (χ3v) is 5.49. The van der Waals surface area contributed by atoms with Gasteiger partial charge in [-0.1, -0.05) is 17.8 Å². The van der Waals surface area contributed by atoms with E-state index in [1.54, 1.807) is 7.11 Å². The van der Waals surface area contributed by atoms with E-state index in [9.17, 15) is 4.79 Å². The average Bonchev–Trinajstić information content (AvgIpc) is 3.45. The Morgan fingerprint density at radius 2 is 1.97 bits per heavy atom. The number of anilines is 2. The van der Waals surface area contributed by atoms with E-state index < -0.39 is 0 Å². The van der Waals surface area contributed by atoms with Crippen LogP contribution < -0.4 is 15.0 Å². The number of nitrogens with zero attached hydrogens (tertiary/aromatic N) is 3. The predicted octanol–water partition coefficient (Wildman–Crippen LogP) is 4.08. The molecule has 1 N–H and O–H groups in total. The Morgan fingerprint density at radius 1 is 1.17 bits per heavy atom. The zero-order valence-corrected chi connectivity index (χ0v) is 16.9. The molecule has 3 aromatic rings. The molecular formula is C21H22N4O3S. The number of rotatable bonds is 7. The Morgan fingerprint density at radius 3 is 2.72 bits per heavy atom. The molecule has 0 saturated carbocycles. The minimum Gasteiger partial charge on any atom is -0.497 e. The van der Waals surface area contributed by atoms with Crippen LogP contribution in [0.4, 0.5) is 11.4 Å².